The van der Waals surface area contributed by atoms with Gasteiger partial charge < -0.3 is 15.2 Å². The molecule has 0 radical (unpaired) electrons. The first kappa shape index (κ1) is 17.8. The normalized spacial score (nSPS) is 10.6. The molecule has 0 unspecified atom stereocenters. The first-order valence-corrected chi connectivity index (χ1v) is 8.32. The Morgan fingerprint density at radius 2 is 2.08 bits per heavy atom. The van der Waals surface area contributed by atoms with Crippen molar-refractivity contribution < 1.29 is 14.6 Å². The van der Waals surface area contributed by atoms with Crippen LogP contribution in [-0.2, 0) is 6.54 Å². The molecule has 0 aliphatic heterocycles. The van der Waals surface area contributed by atoms with Gasteiger partial charge in [0.15, 0.2) is 0 Å². The molecule has 0 saturated heterocycles. The van der Waals surface area contributed by atoms with Gasteiger partial charge in [0, 0.05) is 29.4 Å². The molecule has 6 nitrogen and oxygen atoms in total. The molecule has 0 saturated carbocycles. The molecule has 1 amide bonds. The first-order valence-electron chi connectivity index (χ1n) is 7.94. The molecule has 1 aromatic heterocycles. The maximum Gasteiger partial charge on any atom is 0.404 e. The largest absolute Gasteiger partial charge is 0.494 e. The summed E-state index contributed by atoms with van der Waals surface area (Å²) in [7, 11) is 1.58. The Morgan fingerprint density at radius 1 is 1.27 bits per heavy atom. The van der Waals surface area contributed by atoms with Crippen LogP contribution < -0.4 is 10.1 Å². The number of benzene rings is 2. The lowest BCUT2D eigenvalue weighted by Crippen LogP contribution is -2.20. The number of amides is 1. The molecule has 7 heteroatoms. The zero-order valence-corrected chi connectivity index (χ0v) is 15.1. The number of aromatic nitrogens is 2. The van der Waals surface area contributed by atoms with E-state index >= 15 is 0 Å². The molecule has 0 aliphatic carbocycles. The minimum Gasteiger partial charge on any atom is -0.494 e. The Hall–Kier alpha value is -2.99. The van der Waals surface area contributed by atoms with Crippen LogP contribution in [0.2, 0.25) is 5.02 Å². The van der Waals surface area contributed by atoms with Gasteiger partial charge in [0.1, 0.15) is 11.4 Å². The fraction of sp³-hybridized carbons (Fsp3) is 0.158. The van der Waals surface area contributed by atoms with Crippen LogP contribution in [0, 0.1) is 6.92 Å². The maximum absolute atomic E-state index is 10.7. The van der Waals surface area contributed by atoms with Crippen molar-refractivity contribution in [2.24, 2.45) is 0 Å². The van der Waals surface area contributed by atoms with Gasteiger partial charge in [-0.05, 0) is 42.3 Å². The average Bonchev–Trinajstić information content (AvgIpc) is 3.10. The van der Waals surface area contributed by atoms with Crippen molar-refractivity contribution in [1.82, 2.24) is 15.1 Å². The summed E-state index contributed by atoms with van der Waals surface area (Å²) in [6.45, 7) is 2.19. The molecule has 3 rings (SSSR count). The summed E-state index contributed by atoms with van der Waals surface area (Å²) in [4.78, 5) is 10.7. The SMILES string of the molecule is COc1cc(Cl)ccc1-n1ccc(-c2ccc(C)c(CNC(=O)O)c2)n1. The molecule has 0 bridgehead atoms. The van der Waals surface area contributed by atoms with Crippen molar-refractivity contribution in [1.29, 1.82) is 0 Å². The Labute approximate surface area is 156 Å². The number of methoxy groups -OCH3 is 1. The highest BCUT2D eigenvalue weighted by molar-refractivity contribution is 6.30. The van der Waals surface area contributed by atoms with E-state index in [0.717, 1.165) is 28.1 Å². The van der Waals surface area contributed by atoms with Crippen molar-refractivity contribution in [3.63, 3.8) is 0 Å². The van der Waals surface area contributed by atoms with Crippen LogP contribution in [0.15, 0.2) is 48.7 Å². The summed E-state index contributed by atoms with van der Waals surface area (Å²) in [6.07, 6.45) is 0.796. The summed E-state index contributed by atoms with van der Waals surface area (Å²) >= 11 is 6.01. The van der Waals surface area contributed by atoms with Gasteiger partial charge >= 0.3 is 6.09 Å². The van der Waals surface area contributed by atoms with Crippen molar-refractivity contribution >= 4 is 17.7 Å². The molecule has 0 spiro atoms. The molecule has 0 aliphatic rings. The second-order valence-electron chi connectivity index (χ2n) is 5.76. The number of carbonyl (C=O) groups is 1. The molecule has 2 N–H and O–H groups in total. The van der Waals surface area contributed by atoms with Crippen LogP contribution in [0.5, 0.6) is 5.75 Å². The van der Waals surface area contributed by atoms with Crippen molar-refractivity contribution in [3.8, 4) is 22.7 Å². The van der Waals surface area contributed by atoms with Crippen molar-refractivity contribution in [3.05, 3.63) is 64.8 Å². The number of carboxylic acid groups (broad SMARTS) is 1. The van der Waals surface area contributed by atoms with Crippen LogP contribution >= 0.6 is 11.6 Å². The van der Waals surface area contributed by atoms with Crippen LogP contribution in [0.3, 0.4) is 0 Å². The number of hydrogen-bond donors (Lipinski definition) is 2. The quantitative estimate of drug-likeness (QED) is 0.702. The zero-order chi connectivity index (χ0) is 18.7. The summed E-state index contributed by atoms with van der Waals surface area (Å²) in [5, 5.41) is 16.4. The Bertz CT molecular complexity index is 953. The van der Waals surface area contributed by atoms with Crippen molar-refractivity contribution in [2.45, 2.75) is 13.5 Å². The van der Waals surface area contributed by atoms with E-state index in [9.17, 15) is 4.79 Å². The molecule has 2 aromatic carbocycles. The monoisotopic (exact) mass is 371 g/mol. The van der Waals surface area contributed by atoms with E-state index in [4.69, 9.17) is 21.4 Å². The maximum atomic E-state index is 10.7. The molecule has 3 aromatic rings. The predicted molar refractivity (Wildman–Crippen MR) is 100 cm³/mol. The number of nitrogens with zero attached hydrogens (tertiary/aromatic N) is 2. The number of rotatable bonds is 5. The molecule has 134 valence electrons. The number of ether oxygens (including phenoxy) is 1. The number of nitrogens with one attached hydrogen (secondary N) is 1. The minimum absolute atomic E-state index is 0.251. The molecular formula is C19H18ClN3O3. The Kier molecular flexibility index (Phi) is 5.14. The van der Waals surface area contributed by atoms with Gasteiger partial charge in [-0.25, -0.2) is 9.48 Å². The van der Waals surface area contributed by atoms with Crippen molar-refractivity contribution in [2.75, 3.05) is 7.11 Å². The zero-order valence-electron chi connectivity index (χ0n) is 14.4. The van der Waals surface area contributed by atoms with Crippen LogP contribution in [0.4, 0.5) is 4.79 Å². The highest BCUT2D eigenvalue weighted by Crippen LogP contribution is 2.28. The molecule has 26 heavy (non-hydrogen) atoms. The lowest BCUT2D eigenvalue weighted by Gasteiger charge is -2.09. The Balaban J connectivity index is 1.93. The minimum atomic E-state index is -1.05. The van der Waals surface area contributed by atoms with E-state index in [0.29, 0.717) is 10.8 Å². The topological polar surface area (TPSA) is 76.4 Å². The van der Waals surface area contributed by atoms with Gasteiger partial charge in [0.25, 0.3) is 0 Å². The van der Waals surface area contributed by atoms with Gasteiger partial charge in [-0.3, -0.25) is 0 Å². The van der Waals surface area contributed by atoms with Gasteiger partial charge in [-0.1, -0.05) is 23.7 Å². The predicted octanol–water partition coefficient (Wildman–Crippen LogP) is 4.28. The van der Waals surface area contributed by atoms with E-state index < -0.39 is 6.09 Å². The standard InChI is InChI=1S/C19H18ClN3O3/c1-12-3-4-13(9-14(12)11-21-19(24)25)16-7-8-23(22-16)17-6-5-15(20)10-18(17)26-2/h3-10,21H,11H2,1-2H3,(H,24,25). The van der Waals surface area contributed by atoms with Gasteiger partial charge in [-0.15, -0.1) is 0 Å². The fourth-order valence-corrected chi connectivity index (χ4v) is 2.81. The second-order valence-corrected chi connectivity index (χ2v) is 6.20. The summed E-state index contributed by atoms with van der Waals surface area (Å²) in [6, 6.07) is 13.1. The van der Waals surface area contributed by atoms with Crippen LogP contribution in [0.25, 0.3) is 16.9 Å². The molecule has 1 heterocycles. The third kappa shape index (κ3) is 3.81. The summed E-state index contributed by atoms with van der Waals surface area (Å²) in [5.41, 5.74) is 4.39. The fourth-order valence-electron chi connectivity index (χ4n) is 2.64. The highest BCUT2D eigenvalue weighted by Gasteiger charge is 2.10. The van der Waals surface area contributed by atoms with Gasteiger partial charge in [0.05, 0.1) is 12.8 Å². The molecule has 0 atom stereocenters. The smallest absolute Gasteiger partial charge is 0.404 e. The summed E-state index contributed by atoms with van der Waals surface area (Å²) in [5.74, 6) is 0.627. The number of halogens is 1. The van der Waals surface area contributed by atoms with E-state index in [1.807, 2.05) is 43.5 Å². The average molecular weight is 372 g/mol. The third-order valence-electron chi connectivity index (χ3n) is 4.05. The van der Waals surface area contributed by atoms with Crippen LogP contribution in [-0.4, -0.2) is 28.1 Å². The van der Waals surface area contributed by atoms with Crippen LogP contribution in [0.1, 0.15) is 11.1 Å². The third-order valence-corrected chi connectivity index (χ3v) is 4.29. The second kappa shape index (κ2) is 7.49. The lowest BCUT2D eigenvalue weighted by atomic mass is 10.0. The Morgan fingerprint density at radius 3 is 2.81 bits per heavy atom. The van der Waals surface area contributed by atoms with E-state index in [1.165, 1.54) is 0 Å². The van der Waals surface area contributed by atoms with E-state index in [2.05, 4.69) is 10.4 Å². The number of aryl methyl sites for hydroxylation is 1. The van der Waals surface area contributed by atoms with Gasteiger partial charge in [-0.2, -0.15) is 5.10 Å². The number of hydrogen-bond acceptors (Lipinski definition) is 3. The lowest BCUT2D eigenvalue weighted by molar-refractivity contribution is 0.194. The van der Waals surface area contributed by atoms with Gasteiger partial charge in [0.2, 0.25) is 0 Å². The first-order chi connectivity index (χ1) is 12.5. The molecule has 0 fully saturated rings. The van der Waals surface area contributed by atoms with E-state index in [1.54, 1.807) is 23.9 Å². The highest BCUT2D eigenvalue weighted by atomic mass is 35.5. The molecular weight excluding hydrogens is 354 g/mol. The van der Waals surface area contributed by atoms with E-state index in [-0.39, 0.29) is 6.54 Å². The summed E-state index contributed by atoms with van der Waals surface area (Å²) < 4.78 is 7.10.